The molecule has 2 heterocycles. The number of aliphatic hydroxyl groups excluding tert-OH is 2. The van der Waals surface area contributed by atoms with Crippen molar-refractivity contribution in [3.63, 3.8) is 0 Å². The van der Waals surface area contributed by atoms with E-state index in [0.717, 1.165) is 5.69 Å². The van der Waals surface area contributed by atoms with Crippen LogP contribution >= 0.6 is 0 Å². The van der Waals surface area contributed by atoms with Gasteiger partial charge >= 0.3 is 5.97 Å². The summed E-state index contributed by atoms with van der Waals surface area (Å²) in [6.45, 7) is 3.95. The van der Waals surface area contributed by atoms with Crippen LogP contribution in [0.1, 0.15) is 43.9 Å². The molecule has 0 saturated heterocycles. The quantitative estimate of drug-likeness (QED) is 0.467. The second-order valence-electron chi connectivity index (χ2n) is 7.70. The van der Waals surface area contributed by atoms with Crippen LogP contribution in [-0.4, -0.2) is 53.2 Å². The van der Waals surface area contributed by atoms with E-state index in [2.05, 4.69) is 9.97 Å². The maximum Gasteiger partial charge on any atom is 0.305 e. The minimum atomic E-state index is -1.17. The maximum absolute atomic E-state index is 13.6. The van der Waals surface area contributed by atoms with E-state index in [0.29, 0.717) is 22.6 Å². The lowest BCUT2D eigenvalue weighted by molar-refractivity contribution is -0.139. The van der Waals surface area contributed by atoms with Crippen molar-refractivity contribution in [2.24, 2.45) is 0 Å². The molecule has 0 amide bonds. The van der Waals surface area contributed by atoms with Gasteiger partial charge in [0.1, 0.15) is 5.82 Å². The van der Waals surface area contributed by atoms with Crippen molar-refractivity contribution >= 4 is 12.0 Å². The third-order valence-corrected chi connectivity index (χ3v) is 4.79. The number of carboxylic acid groups (broad SMARTS) is 1. The highest BCUT2D eigenvalue weighted by atomic mass is 19.1. The number of aliphatic carboxylic acids is 1. The number of hydrogen-bond donors (Lipinski definition) is 3. The molecular weight excluding hydrogens is 415 g/mol. The van der Waals surface area contributed by atoms with Gasteiger partial charge in [-0.15, -0.1) is 0 Å². The van der Waals surface area contributed by atoms with Crippen LogP contribution in [0.5, 0.6) is 0 Å². The van der Waals surface area contributed by atoms with Gasteiger partial charge in [0.15, 0.2) is 5.82 Å². The highest BCUT2D eigenvalue weighted by Crippen LogP contribution is 2.33. The number of aromatic nitrogens is 4. The first-order valence-electron chi connectivity index (χ1n) is 10.2. The van der Waals surface area contributed by atoms with E-state index in [9.17, 15) is 19.4 Å². The SMILES string of the molecule is CC(C)c1nn(-c2cnccn2)c(-c2ccc(F)cc2)c1/C=C/[C@H](O)C[C@H](O)CC(=O)O. The number of aliphatic hydroxyl groups is 2. The fourth-order valence-corrected chi connectivity index (χ4v) is 3.34. The van der Waals surface area contributed by atoms with Gasteiger partial charge in [0.2, 0.25) is 0 Å². The minimum absolute atomic E-state index is 0.0153. The van der Waals surface area contributed by atoms with E-state index in [-0.39, 0.29) is 18.2 Å². The first-order chi connectivity index (χ1) is 15.3. The summed E-state index contributed by atoms with van der Waals surface area (Å²) in [7, 11) is 0. The van der Waals surface area contributed by atoms with Crippen LogP contribution in [0.15, 0.2) is 48.9 Å². The van der Waals surface area contributed by atoms with Crippen LogP contribution in [0.4, 0.5) is 4.39 Å². The third kappa shape index (κ3) is 5.63. The summed E-state index contributed by atoms with van der Waals surface area (Å²) in [5.74, 6) is -1.02. The Hall–Kier alpha value is -3.43. The van der Waals surface area contributed by atoms with Gasteiger partial charge in [-0.25, -0.2) is 14.1 Å². The van der Waals surface area contributed by atoms with Crippen molar-refractivity contribution in [1.29, 1.82) is 0 Å². The Bertz CT molecular complexity index is 1080. The van der Waals surface area contributed by atoms with Crippen molar-refractivity contribution in [3.05, 3.63) is 66.0 Å². The molecule has 0 aliphatic carbocycles. The highest BCUT2D eigenvalue weighted by Gasteiger charge is 2.22. The molecule has 8 nitrogen and oxygen atoms in total. The first-order valence-corrected chi connectivity index (χ1v) is 10.2. The van der Waals surface area contributed by atoms with Crippen molar-refractivity contribution in [2.75, 3.05) is 0 Å². The molecule has 0 spiro atoms. The molecule has 0 unspecified atom stereocenters. The van der Waals surface area contributed by atoms with Gasteiger partial charge in [-0.1, -0.05) is 26.0 Å². The predicted octanol–water partition coefficient (Wildman–Crippen LogP) is 3.19. The second kappa shape index (κ2) is 10.3. The van der Waals surface area contributed by atoms with Gasteiger partial charge in [0, 0.05) is 29.9 Å². The van der Waals surface area contributed by atoms with Gasteiger partial charge < -0.3 is 15.3 Å². The van der Waals surface area contributed by atoms with Crippen molar-refractivity contribution in [2.45, 2.75) is 44.8 Å². The number of rotatable bonds is 9. The summed E-state index contributed by atoms with van der Waals surface area (Å²) in [5.41, 5.74) is 2.76. The summed E-state index contributed by atoms with van der Waals surface area (Å²) < 4.78 is 15.2. The standard InChI is InChI=1S/C23H25FN4O4/c1-14(2)22-19(8-7-17(29)11-18(30)12-21(31)32)23(15-3-5-16(24)6-4-15)28(27-22)20-13-25-9-10-26-20/h3-10,13-14,17-18,29-30H,11-12H2,1-2H3,(H,31,32)/b8-7+/t17-,18-/m0/s1. The van der Waals surface area contributed by atoms with Crippen molar-refractivity contribution in [3.8, 4) is 17.1 Å². The molecule has 0 aliphatic heterocycles. The van der Waals surface area contributed by atoms with Crippen LogP contribution in [0.3, 0.4) is 0 Å². The Morgan fingerprint density at radius 1 is 1.19 bits per heavy atom. The topological polar surface area (TPSA) is 121 Å². The van der Waals surface area contributed by atoms with Gasteiger partial charge in [-0.05, 0) is 30.2 Å². The molecule has 0 radical (unpaired) electrons. The molecule has 32 heavy (non-hydrogen) atoms. The van der Waals surface area contributed by atoms with Crippen LogP contribution in [0.2, 0.25) is 0 Å². The Labute approximate surface area is 184 Å². The number of benzene rings is 1. The Morgan fingerprint density at radius 2 is 1.91 bits per heavy atom. The van der Waals surface area contributed by atoms with Gasteiger partial charge in [-0.2, -0.15) is 5.10 Å². The molecule has 0 bridgehead atoms. The summed E-state index contributed by atoms with van der Waals surface area (Å²) in [6.07, 6.45) is 5.03. The van der Waals surface area contributed by atoms with Gasteiger partial charge in [0.25, 0.3) is 0 Å². The predicted molar refractivity (Wildman–Crippen MR) is 117 cm³/mol. The number of halogens is 1. The molecule has 2 aromatic heterocycles. The molecule has 3 N–H and O–H groups in total. The molecule has 2 atom stereocenters. The van der Waals surface area contributed by atoms with E-state index in [1.807, 2.05) is 13.8 Å². The number of nitrogens with zero attached hydrogens (tertiary/aromatic N) is 4. The molecule has 1 aromatic carbocycles. The smallest absolute Gasteiger partial charge is 0.305 e. The Balaban J connectivity index is 2.08. The Kier molecular flexibility index (Phi) is 7.45. The molecule has 3 rings (SSSR count). The first kappa shape index (κ1) is 23.2. The summed E-state index contributed by atoms with van der Waals surface area (Å²) >= 11 is 0. The van der Waals surface area contributed by atoms with Crippen LogP contribution in [0, 0.1) is 5.82 Å². The summed E-state index contributed by atoms with van der Waals surface area (Å²) in [4.78, 5) is 19.2. The number of carboxylic acids is 1. The largest absolute Gasteiger partial charge is 0.481 e. The van der Waals surface area contributed by atoms with E-state index in [1.165, 1.54) is 18.2 Å². The maximum atomic E-state index is 13.6. The fraction of sp³-hybridized carbons (Fsp3) is 0.304. The summed E-state index contributed by atoms with van der Waals surface area (Å²) in [6, 6.07) is 5.97. The summed E-state index contributed by atoms with van der Waals surface area (Å²) in [5, 5.41) is 33.6. The highest BCUT2D eigenvalue weighted by molar-refractivity contribution is 5.75. The second-order valence-corrected chi connectivity index (χ2v) is 7.70. The molecule has 168 valence electrons. The van der Waals surface area contributed by atoms with Crippen LogP contribution in [0.25, 0.3) is 23.2 Å². The molecule has 0 saturated carbocycles. The zero-order chi connectivity index (χ0) is 23.3. The monoisotopic (exact) mass is 440 g/mol. The van der Waals surface area contributed by atoms with E-state index in [4.69, 9.17) is 10.2 Å². The Morgan fingerprint density at radius 3 is 2.50 bits per heavy atom. The average Bonchev–Trinajstić information content (AvgIpc) is 3.12. The van der Waals surface area contributed by atoms with Crippen molar-refractivity contribution in [1.82, 2.24) is 19.7 Å². The molecule has 9 heteroatoms. The van der Waals surface area contributed by atoms with Gasteiger partial charge in [0.05, 0.1) is 36.2 Å². The molecule has 3 aromatic rings. The molecule has 0 aliphatic rings. The number of carbonyl (C=O) groups is 1. The van der Waals surface area contributed by atoms with E-state index >= 15 is 0 Å². The minimum Gasteiger partial charge on any atom is -0.481 e. The van der Waals surface area contributed by atoms with Crippen LogP contribution < -0.4 is 0 Å². The molecule has 0 fully saturated rings. The zero-order valence-electron chi connectivity index (χ0n) is 17.8. The lowest BCUT2D eigenvalue weighted by Crippen LogP contribution is -2.19. The number of hydrogen-bond acceptors (Lipinski definition) is 6. The lowest BCUT2D eigenvalue weighted by Gasteiger charge is -2.11. The molecular formula is C23H25FN4O4. The third-order valence-electron chi connectivity index (χ3n) is 4.79. The zero-order valence-corrected chi connectivity index (χ0v) is 17.8. The fourth-order valence-electron chi connectivity index (χ4n) is 3.34. The average molecular weight is 440 g/mol. The van der Waals surface area contributed by atoms with Crippen LogP contribution in [-0.2, 0) is 4.79 Å². The van der Waals surface area contributed by atoms with Gasteiger partial charge in [-0.3, -0.25) is 9.78 Å². The van der Waals surface area contributed by atoms with E-state index in [1.54, 1.807) is 41.5 Å². The lowest BCUT2D eigenvalue weighted by atomic mass is 9.98. The van der Waals surface area contributed by atoms with E-state index < -0.39 is 24.6 Å². The van der Waals surface area contributed by atoms with Crippen molar-refractivity contribution < 1.29 is 24.5 Å². The normalized spacial score (nSPS) is 13.6.